The molecule has 2 fully saturated rings. The first-order valence-corrected chi connectivity index (χ1v) is 10.7. The lowest BCUT2D eigenvalue weighted by Gasteiger charge is -2.38. The predicted molar refractivity (Wildman–Crippen MR) is 123 cm³/mol. The van der Waals surface area contributed by atoms with E-state index in [4.69, 9.17) is 9.73 Å². The summed E-state index contributed by atoms with van der Waals surface area (Å²) in [4.78, 5) is 7.49. The second-order valence-electron chi connectivity index (χ2n) is 7.65. The van der Waals surface area contributed by atoms with Crippen LogP contribution in [0, 0.1) is 11.8 Å². The van der Waals surface area contributed by atoms with Crippen molar-refractivity contribution in [2.75, 3.05) is 45.9 Å². The molecule has 0 radical (unpaired) electrons. The minimum Gasteiger partial charge on any atom is -0.393 e. The minimum atomic E-state index is -0.156. The maximum atomic E-state index is 10.0. The molecule has 1 aliphatic carbocycles. The van der Waals surface area contributed by atoms with Gasteiger partial charge in [0.15, 0.2) is 5.96 Å². The zero-order chi connectivity index (χ0) is 18.8. The largest absolute Gasteiger partial charge is 0.393 e. The lowest BCUT2D eigenvalue weighted by Crippen LogP contribution is -2.49. The summed E-state index contributed by atoms with van der Waals surface area (Å²) in [7, 11) is 0. The van der Waals surface area contributed by atoms with Gasteiger partial charge in [-0.1, -0.05) is 33.1 Å². The fourth-order valence-corrected chi connectivity index (χ4v) is 4.31. The van der Waals surface area contributed by atoms with E-state index in [1.807, 2.05) is 0 Å². The van der Waals surface area contributed by atoms with Crippen molar-refractivity contribution in [2.45, 2.75) is 65.0 Å². The summed E-state index contributed by atoms with van der Waals surface area (Å²) < 4.78 is 5.54. The number of nitrogens with zero attached hydrogens (tertiary/aromatic N) is 2. The van der Waals surface area contributed by atoms with Crippen molar-refractivity contribution in [1.29, 1.82) is 0 Å². The Morgan fingerprint density at radius 1 is 1.15 bits per heavy atom. The number of nitrogens with one attached hydrogen (secondary N) is 2. The molecule has 0 spiro atoms. The van der Waals surface area contributed by atoms with Gasteiger partial charge in [0.25, 0.3) is 0 Å². The molecule has 3 atom stereocenters. The van der Waals surface area contributed by atoms with E-state index in [2.05, 4.69) is 36.3 Å². The van der Waals surface area contributed by atoms with Crippen LogP contribution in [0.15, 0.2) is 4.99 Å². The van der Waals surface area contributed by atoms with Crippen molar-refractivity contribution < 1.29 is 9.84 Å². The molecule has 1 saturated heterocycles. The molecule has 3 N–H and O–H groups in total. The third-order valence-electron chi connectivity index (χ3n) is 6.04. The van der Waals surface area contributed by atoms with Crippen molar-refractivity contribution >= 4 is 29.9 Å². The first-order valence-electron chi connectivity index (χ1n) is 10.7. The zero-order valence-electron chi connectivity index (χ0n) is 17.5. The molecule has 3 unspecified atom stereocenters. The van der Waals surface area contributed by atoms with Gasteiger partial charge in [-0.05, 0) is 25.7 Å². The van der Waals surface area contributed by atoms with Crippen LogP contribution in [0.25, 0.3) is 0 Å². The Hall–Kier alpha value is -0.120. The predicted octanol–water partition coefficient (Wildman–Crippen LogP) is 2.46. The molecule has 1 saturated carbocycles. The van der Waals surface area contributed by atoms with Gasteiger partial charge in [-0.2, -0.15) is 0 Å². The second-order valence-corrected chi connectivity index (χ2v) is 7.65. The topological polar surface area (TPSA) is 69.1 Å². The monoisotopic (exact) mass is 496 g/mol. The number of aliphatic hydroxyl groups excluding tert-OH is 1. The van der Waals surface area contributed by atoms with Crippen LogP contribution < -0.4 is 10.6 Å². The van der Waals surface area contributed by atoms with E-state index in [-0.39, 0.29) is 30.1 Å². The van der Waals surface area contributed by atoms with Gasteiger partial charge < -0.3 is 20.5 Å². The average molecular weight is 496 g/mol. The lowest BCUT2D eigenvalue weighted by atomic mass is 9.92. The van der Waals surface area contributed by atoms with E-state index in [0.29, 0.717) is 17.9 Å². The first kappa shape index (κ1) is 24.9. The number of ether oxygens (including phenoxy) is 1. The molecule has 0 amide bonds. The van der Waals surface area contributed by atoms with E-state index in [9.17, 15) is 5.11 Å². The number of aliphatic hydroxyl groups is 1. The Balaban J connectivity index is 0.00000364. The molecule has 7 heteroatoms. The lowest BCUT2D eigenvalue weighted by molar-refractivity contribution is 0.00395. The third-order valence-corrected chi connectivity index (χ3v) is 6.04. The van der Waals surface area contributed by atoms with E-state index in [1.165, 1.54) is 12.8 Å². The molecule has 0 aromatic rings. The van der Waals surface area contributed by atoms with Crippen LogP contribution in [0.3, 0.4) is 0 Å². The maximum Gasteiger partial charge on any atom is 0.191 e. The maximum absolute atomic E-state index is 10.0. The molecule has 1 heterocycles. The highest BCUT2D eigenvalue weighted by atomic mass is 127. The van der Waals surface area contributed by atoms with Crippen LogP contribution in [0.5, 0.6) is 0 Å². The Morgan fingerprint density at radius 2 is 1.85 bits per heavy atom. The van der Waals surface area contributed by atoms with Gasteiger partial charge in [-0.3, -0.25) is 9.89 Å². The van der Waals surface area contributed by atoms with Crippen LogP contribution in [0.2, 0.25) is 0 Å². The van der Waals surface area contributed by atoms with Crippen molar-refractivity contribution in [3.8, 4) is 0 Å². The van der Waals surface area contributed by atoms with E-state index < -0.39 is 0 Å². The molecule has 2 rings (SSSR count). The molecule has 6 nitrogen and oxygen atoms in total. The van der Waals surface area contributed by atoms with Crippen LogP contribution >= 0.6 is 24.0 Å². The summed E-state index contributed by atoms with van der Waals surface area (Å²) in [5.74, 6) is 1.90. The molecule has 0 aromatic heterocycles. The Labute approximate surface area is 182 Å². The fourth-order valence-electron chi connectivity index (χ4n) is 4.31. The van der Waals surface area contributed by atoms with E-state index >= 15 is 0 Å². The molecule has 27 heavy (non-hydrogen) atoms. The number of rotatable bonds is 9. The molecule has 2 aliphatic rings. The quantitative estimate of drug-likeness (QED) is 0.260. The number of aliphatic imine (C=N–C) groups is 1. The number of hydrogen-bond donors (Lipinski definition) is 3. The second kappa shape index (κ2) is 14.0. The van der Waals surface area contributed by atoms with Gasteiger partial charge in [0.05, 0.1) is 25.9 Å². The highest BCUT2D eigenvalue weighted by Gasteiger charge is 2.27. The van der Waals surface area contributed by atoms with Gasteiger partial charge in [0.1, 0.15) is 0 Å². The van der Waals surface area contributed by atoms with Crippen molar-refractivity contribution in [3.63, 3.8) is 0 Å². The molecular weight excluding hydrogens is 455 g/mol. The van der Waals surface area contributed by atoms with Gasteiger partial charge in [0, 0.05) is 38.1 Å². The van der Waals surface area contributed by atoms with E-state index in [0.717, 1.165) is 71.2 Å². The fraction of sp³-hybridized carbons (Fsp3) is 0.950. The van der Waals surface area contributed by atoms with Gasteiger partial charge in [-0.15, -0.1) is 24.0 Å². The van der Waals surface area contributed by atoms with Crippen LogP contribution in [-0.2, 0) is 4.74 Å². The summed E-state index contributed by atoms with van der Waals surface area (Å²) in [5.41, 5.74) is 0. The molecular formula is C20H41IN4O2. The van der Waals surface area contributed by atoms with Gasteiger partial charge >= 0.3 is 0 Å². The Bertz CT molecular complexity index is 415. The number of guanidine groups is 1. The number of hydrogen-bond acceptors (Lipinski definition) is 4. The third kappa shape index (κ3) is 8.03. The summed E-state index contributed by atoms with van der Waals surface area (Å²) in [6, 6.07) is 0.474. The normalized spacial score (nSPS) is 25.3. The summed E-state index contributed by atoms with van der Waals surface area (Å²) in [5, 5.41) is 16.9. The smallest absolute Gasteiger partial charge is 0.191 e. The average Bonchev–Trinajstić information content (AvgIpc) is 3.08. The van der Waals surface area contributed by atoms with Crippen molar-refractivity contribution in [2.24, 2.45) is 16.8 Å². The minimum absolute atomic E-state index is 0. The van der Waals surface area contributed by atoms with Crippen LogP contribution in [-0.4, -0.2) is 74.0 Å². The van der Waals surface area contributed by atoms with Gasteiger partial charge in [-0.25, -0.2) is 0 Å². The molecule has 0 bridgehead atoms. The molecule has 1 aliphatic heterocycles. The highest BCUT2D eigenvalue weighted by molar-refractivity contribution is 14.0. The SMILES string of the molecule is CCNC(=NCC(C(CC)CC)N1CCOCC1)NCC1CCCC1O.I. The summed E-state index contributed by atoms with van der Waals surface area (Å²) in [6.07, 6.45) is 5.40. The van der Waals surface area contributed by atoms with Crippen LogP contribution in [0.1, 0.15) is 52.9 Å². The van der Waals surface area contributed by atoms with Crippen molar-refractivity contribution in [3.05, 3.63) is 0 Å². The molecule has 160 valence electrons. The number of halogens is 1. The first-order chi connectivity index (χ1) is 12.7. The Kier molecular flexibility index (Phi) is 12.9. The molecule has 0 aromatic carbocycles. The zero-order valence-corrected chi connectivity index (χ0v) is 19.8. The summed E-state index contributed by atoms with van der Waals surface area (Å²) >= 11 is 0. The summed E-state index contributed by atoms with van der Waals surface area (Å²) in [6.45, 7) is 12.8. The highest BCUT2D eigenvalue weighted by Crippen LogP contribution is 2.24. The number of morpholine rings is 1. The van der Waals surface area contributed by atoms with Gasteiger partial charge in [0.2, 0.25) is 0 Å². The van der Waals surface area contributed by atoms with E-state index in [1.54, 1.807) is 0 Å². The Morgan fingerprint density at radius 3 is 2.41 bits per heavy atom. The standard InChI is InChI=1S/C20H40N4O2.HI/c1-4-16(5-2)18(24-10-12-26-13-11-24)15-23-20(21-6-3)22-14-17-8-7-9-19(17)25;/h16-19,25H,4-15H2,1-3H3,(H2,21,22,23);1H. The van der Waals surface area contributed by atoms with Crippen LogP contribution in [0.4, 0.5) is 0 Å². The van der Waals surface area contributed by atoms with Crippen molar-refractivity contribution in [1.82, 2.24) is 15.5 Å².